The number of hydrogen-bond donors (Lipinski definition) is 1. The molecule has 0 spiro atoms. The molecule has 0 aliphatic heterocycles. The van der Waals surface area contributed by atoms with Crippen LogP contribution in [0.3, 0.4) is 0 Å². The van der Waals surface area contributed by atoms with Gasteiger partial charge >= 0.3 is 0 Å². The fourth-order valence-corrected chi connectivity index (χ4v) is 2.26. The molecular weight excluding hydrogens is 256 g/mol. The molecule has 0 saturated heterocycles. The molecule has 0 heterocycles. The first-order valence-electron chi connectivity index (χ1n) is 7.99. The highest BCUT2D eigenvalue weighted by Crippen LogP contribution is 2.28. The van der Waals surface area contributed by atoms with Gasteiger partial charge in [-0.15, -0.1) is 0 Å². The van der Waals surface area contributed by atoms with Gasteiger partial charge in [0, 0.05) is 30.9 Å². The Morgan fingerprint density at radius 2 is 1.67 bits per heavy atom. The van der Waals surface area contributed by atoms with E-state index in [1.807, 2.05) is 0 Å². The first kappa shape index (κ1) is 18.0. The van der Waals surface area contributed by atoms with Crippen LogP contribution in [0, 0.1) is 12.3 Å². The Hall–Kier alpha value is -1.02. The van der Waals surface area contributed by atoms with E-state index < -0.39 is 0 Å². The second kappa shape index (κ2) is 6.39. The van der Waals surface area contributed by atoms with Crippen LogP contribution in [-0.4, -0.2) is 18.6 Å². The Balaban J connectivity index is 2.87. The Morgan fingerprint density at radius 3 is 2.10 bits per heavy atom. The summed E-state index contributed by atoms with van der Waals surface area (Å²) in [4.78, 5) is 2.38. The Bertz CT molecular complexity index is 463. The van der Waals surface area contributed by atoms with E-state index in [9.17, 15) is 0 Å². The number of benzene rings is 1. The molecule has 2 nitrogen and oxygen atoms in total. The maximum Gasteiger partial charge on any atom is 0.0369 e. The zero-order valence-corrected chi connectivity index (χ0v) is 15.5. The molecule has 1 rings (SSSR count). The van der Waals surface area contributed by atoms with Crippen LogP contribution in [0.1, 0.15) is 59.6 Å². The summed E-state index contributed by atoms with van der Waals surface area (Å²) >= 11 is 0. The molecule has 0 amide bonds. The first-order valence-corrected chi connectivity index (χ1v) is 7.99. The fourth-order valence-electron chi connectivity index (χ4n) is 2.26. The summed E-state index contributed by atoms with van der Waals surface area (Å²) in [7, 11) is 2.19. The van der Waals surface area contributed by atoms with Crippen molar-refractivity contribution in [3.8, 4) is 0 Å². The minimum absolute atomic E-state index is 0.155. The van der Waals surface area contributed by atoms with Gasteiger partial charge in [-0.25, -0.2) is 0 Å². The minimum Gasteiger partial charge on any atom is -0.371 e. The van der Waals surface area contributed by atoms with Crippen LogP contribution in [0.5, 0.6) is 0 Å². The topological polar surface area (TPSA) is 15.3 Å². The minimum atomic E-state index is 0.155. The summed E-state index contributed by atoms with van der Waals surface area (Å²) in [5.74, 6) is 0. The highest BCUT2D eigenvalue weighted by molar-refractivity contribution is 5.51. The lowest BCUT2D eigenvalue weighted by atomic mass is 9.87. The summed E-state index contributed by atoms with van der Waals surface area (Å²) in [5, 5.41) is 3.56. The normalized spacial score (nSPS) is 14.1. The summed E-state index contributed by atoms with van der Waals surface area (Å²) in [6, 6.07) is 7.31. The molecule has 1 aromatic rings. The van der Waals surface area contributed by atoms with Crippen LogP contribution in [0.15, 0.2) is 18.2 Å². The van der Waals surface area contributed by atoms with Crippen molar-refractivity contribution in [1.29, 1.82) is 0 Å². The van der Waals surface area contributed by atoms with Crippen molar-refractivity contribution in [2.24, 2.45) is 5.41 Å². The van der Waals surface area contributed by atoms with E-state index in [0.29, 0.717) is 6.04 Å². The monoisotopic (exact) mass is 290 g/mol. The van der Waals surface area contributed by atoms with Crippen LogP contribution in [-0.2, 0) is 6.54 Å². The summed E-state index contributed by atoms with van der Waals surface area (Å²) < 4.78 is 0. The zero-order valence-electron chi connectivity index (χ0n) is 15.5. The number of aryl methyl sites for hydroxylation is 1. The third-order valence-corrected chi connectivity index (χ3v) is 4.38. The highest BCUT2D eigenvalue weighted by atomic mass is 15.1. The predicted octanol–water partition coefficient (Wildman–Crippen LogP) is 4.75. The van der Waals surface area contributed by atoms with E-state index >= 15 is 0 Å². The van der Waals surface area contributed by atoms with Gasteiger partial charge in [0.1, 0.15) is 0 Å². The molecule has 0 saturated carbocycles. The molecule has 1 unspecified atom stereocenters. The lowest BCUT2D eigenvalue weighted by molar-refractivity contribution is 0.329. The Labute approximate surface area is 131 Å². The Morgan fingerprint density at radius 1 is 1.10 bits per heavy atom. The van der Waals surface area contributed by atoms with Gasteiger partial charge in [-0.3, -0.25) is 0 Å². The average Bonchev–Trinajstić information content (AvgIpc) is 2.33. The SMILES string of the molecule is Cc1cc(N(C)C(C)C(C)(C)C)ccc1CNC(C)(C)C. The molecule has 21 heavy (non-hydrogen) atoms. The van der Waals surface area contributed by atoms with Gasteiger partial charge in [0.05, 0.1) is 0 Å². The van der Waals surface area contributed by atoms with E-state index in [4.69, 9.17) is 0 Å². The predicted molar refractivity (Wildman–Crippen MR) is 95.1 cm³/mol. The van der Waals surface area contributed by atoms with Crippen molar-refractivity contribution < 1.29 is 0 Å². The van der Waals surface area contributed by atoms with E-state index in [1.54, 1.807) is 0 Å². The molecule has 1 atom stereocenters. The molecule has 120 valence electrons. The number of rotatable bonds is 4. The van der Waals surface area contributed by atoms with E-state index in [0.717, 1.165) is 6.54 Å². The maximum atomic E-state index is 3.56. The molecule has 0 radical (unpaired) electrons. The smallest absolute Gasteiger partial charge is 0.0369 e. The second-order valence-electron chi connectivity index (χ2n) is 8.37. The zero-order chi connectivity index (χ0) is 16.4. The van der Waals surface area contributed by atoms with Gasteiger partial charge in [-0.1, -0.05) is 26.8 Å². The third kappa shape index (κ3) is 5.35. The molecule has 0 aromatic heterocycles. The van der Waals surface area contributed by atoms with Crippen LogP contribution >= 0.6 is 0 Å². The van der Waals surface area contributed by atoms with Crippen LogP contribution in [0.25, 0.3) is 0 Å². The molecule has 0 fully saturated rings. The standard InChI is InChI=1S/C19H34N2/c1-14-12-17(21(9)15(2)18(3,4)5)11-10-16(14)13-20-19(6,7)8/h10-12,15,20H,13H2,1-9H3. The van der Waals surface area contributed by atoms with Gasteiger partial charge in [-0.05, 0) is 63.3 Å². The molecule has 0 aliphatic rings. The fraction of sp³-hybridized carbons (Fsp3) is 0.684. The van der Waals surface area contributed by atoms with Gasteiger partial charge < -0.3 is 10.2 Å². The number of anilines is 1. The average molecular weight is 290 g/mol. The van der Waals surface area contributed by atoms with E-state index in [2.05, 4.69) is 90.9 Å². The molecule has 0 aliphatic carbocycles. The Kier molecular flexibility index (Phi) is 5.49. The maximum absolute atomic E-state index is 3.56. The van der Waals surface area contributed by atoms with Crippen molar-refractivity contribution in [2.45, 2.75) is 73.5 Å². The molecule has 1 aromatic carbocycles. The molecule has 1 N–H and O–H groups in total. The van der Waals surface area contributed by atoms with Crippen molar-refractivity contribution in [3.63, 3.8) is 0 Å². The second-order valence-corrected chi connectivity index (χ2v) is 8.37. The number of nitrogens with one attached hydrogen (secondary N) is 1. The summed E-state index contributed by atoms with van der Waals surface area (Å²) in [5.41, 5.74) is 4.47. The summed E-state index contributed by atoms with van der Waals surface area (Å²) in [6.45, 7) is 18.9. The van der Waals surface area contributed by atoms with Crippen LogP contribution in [0.4, 0.5) is 5.69 Å². The summed E-state index contributed by atoms with van der Waals surface area (Å²) in [6.07, 6.45) is 0. The molecular formula is C19H34N2. The largest absolute Gasteiger partial charge is 0.371 e. The van der Waals surface area contributed by atoms with Crippen LogP contribution in [0.2, 0.25) is 0 Å². The van der Waals surface area contributed by atoms with Gasteiger partial charge in [0.25, 0.3) is 0 Å². The van der Waals surface area contributed by atoms with Gasteiger partial charge in [-0.2, -0.15) is 0 Å². The molecule has 2 heteroatoms. The lowest BCUT2D eigenvalue weighted by Crippen LogP contribution is -2.39. The van der Waals surface area contributed by atoms with Gasteiger partial charge in [0.2, 0.25) is 0 Å². The molecule has 0 bridgehead atoms. The highest BCUT2D eigenvalue weighted by Gasteiger charge is 2.24. The number of nitrogens with zero attached hydrogens (tertiary/aromatic N) is 1. The quantitative estimate of drug-likeness (QED) is 0.860. The van der Waals surface area contributed by atoms with E-state index in [1.165, 1.54) is 16.8 Å². The van der Waals surface area contributed by atoms with Crippen LogP contribution < -0.4 is 10.2 Å². The van der Waals surface area contributed by atoms with Crippen molar-refractivity contribution in [1.82, 2.24) is 5.32 Å². The first-order chi connectivity index (χ1) is 9.42. The van der Waals surface area contributed by atoms with Crippen molar-refractivity contribution >= 4 is 5.69 Å². The lowest BCUT2D eigenvalue weighted by Gasteiger charge is -2.37. The van der Waals surface area contributed by atoms with Crippen molar-refractivity contribution in [3.05, 3.63) is 29.3 Å². The van der Waals surface area contributed by atoms with Crippen molar-refractivity contribution in [2.75, 3.05) is 11.9 Å². The third-order valence-electron chi connectivity index (χ3n) is 4.38. The van der Waals surface area contributed by atoms with Gasteiger partial charge in [0.15, 0.2) is 0 Å². The number of hydrogen-bond acceptors (Lipinski definition) is 2. The van der Waals surface area contributed by atoms with E-state index in [-0.39, 0.29) is 11.0 Å².